The Morgan fingerprint density at radius 1 is 1.19 bits per heavy atom. The predicted molar refractivity (Wildman–Crippen MR) is 104 cm³/mol. The molecule has 160 valence electrons. The number of hydrogen-bond acceptors (Lipinski definition) is 6. The van der Waals surface area contributed by atoms with Crippen LogP contribution in [-0.4, -0.2) is 35.9 Å². The molecule has 0 aliphatic carbocycles. The molecule has 0 fully saturated rings. The molecule has 1 unspecified atom stereocenters. The minimum atomic E-state index is -4.75. The molecular formula is C19H14F3N5O3S. The highest BCUT2D eigenvalue weighted by Gasteiger charge is 2.38. The summed E-state index contributed by atoms with van der Waals surface area (Å²) in [5.74, 6) is -2.38. The quantitative estimate of drug-likeness (QED) is 0.469. The standard InChI is InChI=1S/C19H14F3N5O3S/c1-31(29,11-12-5-3-2-4-6-12)26-17(28)14-10-27-8-7-13(9-15(27)23-14)16-24-18(30-25-16)19(20,21)22/h2-10H,11H2,1H3. The van der Waals surface area contributed by atoms with Crippen LogP contribution in [0.15, 0.2) is 63.7 Å². The molecule has 1 amide bonds. The van der Waals surface area contributed by atoms with Gasteiger partial charge in [-0.1, -0.05) is 35.5 Å². The molecule has 0 aliphatic rings. The van der Waals surface area contributed by atoms with Crippen molar-refractivity contribution >= 4 is 21.3 Å². The highest BCUT2D eigenvalue weighted by Crippen LogP contribution is 2.29. The molecule has 12 heteroatoms. The normalized spacial score (nSPS) is 13.8. The largest absolute Gasteiger partial charge is 0.471 e. The van der Waals surface area contributed by atoms with E-state index >= 15 is 0 Å². The smallest absolute Gasteiger partial charge is 0.329 e. The van der Waals surface area contributed by atoms with Crippen LogP contribution in [0.2, 0.25) is 0 Å². The number of carbonyl (C=O) groups is 1. The molecule has 1 aromatic carbocycles. The van der Waals surface area contributed by atoms with E-state index in [4.69, 9.17) is 0 Å². The van der Waals surface area contributed by atoms with Crippen molar-refractivity contribution in [3.05, 3.63) is 72.0 Å². The minimum Gasteiger partial charge on any atom is -0.329 e. The summed E-state index contributed by atoms with van der Waals surface area (Å²) < 4.78 is 60.2. The molecule has 31 heavy (non-hydrogen) atoms. The number of halogens is 3. The number of carbonyl (C=O) groups excluding carboxylic acids is 1. The molecule has 0 aliphatic heterocycles. The first-order valence-corrected chi connectivity index (χ1v) is 10.9. The number of alkyl halides is 3. The average Bonchev–Trinajstić information content (AvgIpc) is 3.34. The van der Waals surface area contributed by atoms with Crippen molar-refractivity contribution in [3.63, 3.8) is 0 Å². The lowest BCUT2D eigenvalue weighted by atomic mass is 10.2. The van der Waals surface area contributed by atoms with Crippen LogP contribution in [0.25, 0.3) is 17.0 Å². The summed E-state index contributed by atoms with van der Waals surface area (Å²) in [5, 5.41) is 3.32. The maximum absolute atomic E-state index is 12.7. The van der Waals surface area contributed by atoms with E-state index in [1.807, 2.05) is 6.07 Å². The fourth-order valence-corrected chi connectivity index (χ4v) is 4.14. The van der Waals surface area contributed by atoms with Gasteiger partial charge in [0.05, 0.1) is 15.5 Å². The predicted octanol–water partition coefficient (Wildman–Crippen LogP) is 3.84. The second-order valence-corrected chi connectivity index (χ2v) is 9.10. The molecule has 0 N–H and O–H groups in total. The van der Waals surface area contributed by atoms with Gasteiger partial charge in [-0.25, -0.2) is 9.19 Å². The molecule has 3 heterocycles. The zero-order chi connectivity index (χ0) is 22.2. The second-order valence-electron chi connectivity index (χ2n) is 6.71. The van der Waals surface area contributed by atoms with Gasteiger partial charge in [0.1, 0.15) is 11.3 Å². The fraction of sp³-hybridized carbons (Fsp3) is 0.158. The summed E-state index contributed by atoms with van der Waals surface area (Å²) in [5.41, 5.74) is 1.20. The maximum atomic E-state index is 12.7. The van der Waals surface area contributed by atoms with E-state index in [1.165, 1.54) is 35.2 Å². The molecule has 0 spiro atoms. The van der Waals surface area contributed by atoms with Crippen LogP contribution >= 0.6 is 0 Å². The highest BCUT2D eigenvalue weighted by molar-refractivity contribution is 7.92. The van der Waals surface area contributed by atoms with E-state index in [-0.39, 0.29) is 28.5 Å². The van der Waals surface area contributed by atoms with Crippen molar-refractivity contribution in [2.75, 3.05) is 6.26 Å². The third-order valence-corrected chi connectivity index (χ3v) is 5.58. The number of hydrogen-bond donors (Lipinski definition) is 0. The van der Waals surface area contributed by atoms with Crippen molar-refractivity contribution in [1.29, 1.82) is 0 Å². The molecule has 3 aromatic heterocycles. The Balaban J connectivity index is 1.61. The fourth-order valence-electron chi connectivity index (χ4n) is 2.82. The molecule has 0 saturated heterocycles. The van der Waals surface area contributed by atoms with Crippen molar-refractivity contribution in [3.8, 4) is 11.4 Å². The van der Waals surface area contributed by atoms with Crippen molar-refractivity contribution in [1.82, 2.24) is 19.5 Å². The van der Waals surface area contributed by atoms with Gasteiger partial charge >= 0.3 is 18.0 Å². The Bertz CT molecular complexity index is 1390. The topological polar surface area (TPSA) is 103 Å². The van der Waals surface area contributed by atoms with E-state index in [9.17, 15) is 22.2 Å². The zero-order valence-corrected chi connectivity index (χ0v) is 16.7. The second kappa shape index (κ2) is 7.61. The first-order chi connectivity index (χ1) is 14.6. The lowest BCUT2D eigenvalue weighted by Crippen LogP contribution is -2.06. The molecule has 4 rings (SSSR count). The van der Waals surface area contributed by atoms with Crippen LogP contribution in [-0.2, 0) is 21.7 Å². The molecule has 0 radical (unpaired) electrons. The first-order valence-electron chi connectivity index (χ1n) is 8.79. The summed E-state index contributed by atoms with van der Waals surface area (Å²) in [6.45, 7) is 0. The highest BCUT2D eigenvalue weighted by atomic mass is 32.2. The Hall–Kier alpha value is -3.54. The van der Waals surface area contributed by atoms with Crippen LogP contribution in [0.1, 0.15) is 21.9 Å². The molecule has 0 saturated carbocycles. The summed E-state index contributed by atoms with van der Waals surface area (Å²) in [4.78, 5) is 20.0. The van der Waals surface area contributed by atoms with Gasteiger partial charge in [0, 0.05) is 24.2 Å². The van der Waals surface area contributed by atoms with Crippen LogP contribution in [0, 0.1) is 0 Å². The number of benzene rings is 1. The van der Waals surface area contributed by atoms with Gasteiger partial charge in [-0.05, 0) is 17.7 Å². The van der Waals surface area contributed by atoms with E-state index in [1.54, 1.807) is 24.3 Å². The lowest BCUT2D eigenvalue weighted by molar-refractivity contribution is -0.159. The molecule has 0 bridgehead atoms. The number of fused-ring (bicyclic) bond motifs is 1. The van der Waals surface area contributed by atoms with Crippen molar-refractivity contribution < 1.29 is 26.7 Å². The van der Waals surface area contributed by atoms with Gasteiger partial charge in [0.15, 0.2) is 0 Å². The van der Waals surface area contributed by atoms with Crippen LogP contribution in [0.4, 0.5) is 13.2 Å². The van der Waals surface area contributed by atoms with E-state index in [2.05, 4.69) is 24.0 Å². The SMILES string of the molecule is CS(=O)(Cc1ccccc1)=NC(=O)c1cn2ccc(-c3noc(C(F)(F)F)n3)cc2n1. The van der Waals surface area contributed by atoms with Gasteiger partial charge in [0.25, 0.3) is 0 Å². The summed E-state index contributed by atoms with van der Waals surface area (Å²) in [6, 6.07) is 11.8. The van der Waals surface area contributed by atoms with E-state index < -0.39 is 27.7 Å². The third kappa shape index (κ3) is 4.63. The van der Waals surface area contributed by atoms with E-state index in [0.29, 0.717) is 0 Å². The Kier molecular flexibility index (Phi) is 5.09. The van der Waals surface area contributed by atoms with Crippen molar-refractivity contribution in [2.45, 2.75) is 11.9 Å². The Labute approximate surface area is 173 Å². The molecule has 4 aromatic rings. The van der Waals surface area contributed by atoms with Crippen LogP contribution < -0.4 is 0 Å². The molecule has 8 nitrogen and oxygen atoms in total. The third-order valence-electron chi connectivity index (χ3n) is 4.16. The Morgan fingerprint density at radius 2 is 1.94 bits per heavy atom. The van der Waals surface area contributed by atoms with Gasteiger partial charge < -0.3 is 8.92 Å². The number of rotatable bonds is 4. The summed E-state index contributed by atoms with van der Waals surface area (Å²) in [6.07, 6.45) is -0.497. The first kappa shape index (κ1) is 20.7. The monoisotopic (exact) mass is 449 g/mol. The van der Waals surface area contributed by atoms with Crippen molar-refractivity contribution in [2.24, 2.45) is 4.36 Å². The Morgan fingerprint density at radius 3 is 2.61 bits per heavy atom. The summed E-state index contributed by atoms with van der Waals surface area (Å²) in [7, 11) is -2.84. The molecule has 1 atom stereocenters. The van der Waals surface area contributed by atoms with Gasteiger partial charge in [-0.2, -0.15) is 22.5 Å². The van der Waals surface area contributed by atoms with Crippen LogP contribution in [0.3, 0.4) is 0 Å². The number of pyridine rings is 1. The van der Waals surface area contributed by atoms with Gasteiger partial charge in [-0.15, -0.1) is 0 Å². The minimum absolute atomic E-state index is 0.0520. The molecular weight excluding hydrogens is 435 g/mol. The average molecular weight is 449 g/mol. The van der Waals surface area contributed by atoms with Gasteiger partial charge in [0.2, 0.25) is 5.82 Å². The number of aromatic nitrogens is 4. The zero-order valence-electron chi connectivity index (χ0n) is 15.9. The van der Waals surface area contributed by atoms with Gasteiger partial charge in [-0.3, -0.25) is 4.79 Å². The van der Waals surface area contributed by atoms with Crippen LogP contribution in [0.5, 0.6) is 0 Å². The number of nitrogens with zero attached hydrogens (tertiary/aromatic N) is 5. The van der Waals surface area contributed by atoms with E-state index in [0.717, 1.165) is 5.56 Å². The number of imidazole rings is 1. The lowest BCUT2D eigenvalue weighted by Gasteiger charge is -2.03. The maximum Gasteiger partial charge on any atom is 0.471 e. The number of amides is 1. The summed E-state index contributed by atoms with van der Waals surface area (Å²) >= 11 is 0.